The zero-order valence-corrected chi connectivity index (χ0v) is 11.1. The monoisotopic (exact) mass is 309 g/mol. The van der Waals surface area contributed by atoms with Crippen LogP contribution in [0.5, 0.6) is 5.75 Å². The average molecular weight is 310 g/mol. The molecular weight excluding hydrogens is 302 g/mol. The largest absolute Gasteiger partial charge is 0.485 e. The molecule has 0 aliphatic rings. The number of carbonyl (C=O) groups is 1. The van der Waals surface area contributed by atoms with Gasteiger partial charge in [0.2, 0.25) is 0 Å². The maximum Gasteiger partial charge on any atom is 0.339 e. The van der Waals surface area contributed by atoms with Crippen LogP contribution >= 0.6 is 11.6 Å². The van der Waals surface area contributed by atoms with Crippen LogP contribution < -0.4 is 4.74 Å². The van der Waals surface area contributed by atoms with Crippen molar-refractivity contribution in [2.75, 3.05) is 0 Å². The minimum Gasteiger partial charge on any atom is -0.485 e. The molecule has 0 aliphatic heterocycles. The summed E-state index contributed by atoms with van der Waals surface area (Å²) in [6.45, 7) is -0.203. The zero-order chi connectivity index (χ0) is 15.4. The topological polar surface area (TPSA) is 115 Å². The van der Waals surface area contributed by atoms with Gasteiger partial charge < -0.3 is 9.84 Å². The lowest BCUT2D eigenvalue weighted by Gasteiger charge is -2.08. The van der Waals surface area contributed by atoms with Gasteiger partial charge >= 0.3 is 5.97 Å². The molecule has 21 heavy (non-hydrogen) atoms. The lowest BCUT2D eigenvalue weighted by atomic mass is 10.2. The Morgan fingerprint density at radius 2 is 2.24 bits per heavy atom. The number of carboxylic acid groups (broad SMARTS) is 1. The van der Waals surface area contributed by atoms with Crippen molar-refractivity contribution in [1.82, 2.24) is 9.97 Å². The van der Waals surface area contributed by atoms with E-state index in [0.29, 0.717) is 0 Å². The standard InChI is InChI=1S/C12H8ClN3O5/c13-9-2-1-7(16(19)20)3-11(9)21-5-10-8(12(17)18)4-14-6-15-10/h1-4,6H,5H2,(H,17,18). The van der Waals surface area contributed by atoms with Gasteiger partial charge in [-0.25, -0.2) is 14.8 Å². The number of hydrogen-bond acceptors (Lipinski definition) is 6. The summed E-state index contributed by atoms with van der Waals surface area (Å²) < 4.78 is 5.31. The number of nitro groups is 1. The van der Waals surface area contributed by atoms with E-state index >= 15 is 0 Å². The van der Waals surface area contributed by atoms with Crippen molar-refractivity contribution in [3.8, 4) is 5.75 Å². The van der Waals surface area contributed by atoms with Crippen molar-refractivity contribution in [2.45, 2.75) is 6.61 Å². The smallest absolute Gasteiger partial charge is 0.339 e. The number of rotatable bonds is 5. The molecular formula is C12H8ClN3O5. The van der Waals surface area contributed by atoms with E-state index in [9.17, 15) is 14.9 Å². The van der Waals surface area contributed by atoms with Crippen LogP contribution in [-0.4, -0.2) is 26.0 Å². The summed E-state index contributed by atoms with van der Waals surface area (Å²) in [6.07, 6.45) is 2.32. The van der Waals surface area contributed by atoms with Gasteiger partial charge in [0, 0.05) is 12.3 Å². The highest BCUT2D eigenvalue weighted by molar-refractivity contribution is 6.32. The second-order valence-corrected chi connectivity index (χ2v) is 4.26. The number of non-ortho nitro benzene ring substituents is 1. The van der Waals surface area contributed by atoms with E-state index in [4.69, 9.17) is 21.4 Å². The van der Waals surface area contributed by atoms with Gasteiger partial charge in [-0.2, -0.15) is 0 Å². The minimum absolute atomic E-state index is 0.0702. The molecule has 2 aromatic rings. The van der Waals surface area contributed by atoms with E-state index in [1.807, 2.05) is 0 Å². The molecule has 0 saturated carbocycles. The van der Waals surface area contributed by atoms with Gasteiger partial charge in [0.1, 0.15) is 24.2 Å². The van der Waals surface area contributed by atoms with Crippen LogP contribution in [-0.2, 0) is 6.61 Å². The number of benzene rings is 1. The van der Waals surface area contributed by atoms with E-state index in [1.54, 1.807) is 0 Å². The number of aromatic carboxylic acids is 1. The molecule has 2 rings (SSSR count). The molecule has 108 valence electrons. The molecule has 0 unspecified atom stereocenters. The summed E-state index contributed by atoms with van der Waals surface area (Å²) in [4.78, 5) is 28.5. The number of carboxylic acids is 1. The lowest BCUT2D eigenvalue weighted by Crippen LogP contribution is -2.08. The number of aromatic nitrogens is 2. The Labute approximate surface area is 123 Å². The van der Waals surface area contributed by atoms with Gasteiger partial charge in [-0.15, -0.1) is 0 Å². The van der Waals surface area contributed by atoms with Gasteiger partial charge in [-0.05, 0) is 6.07 Å². The van der Waals surface area contributed by atoms with E-state index in [0.717, 1.165) is 12.3 Å². The number of halogens is 1. The molecule has 0 fully saturated rings. The highest BCUT2D eigenvalue weighted by atomic mass is 35.5. The summed E-state index contributed by atoms with van der Waals surface area (Å²) in [5.41, 5.74) is -0.158. The molecule has 9 heteroatoms. The van der Waals surface area contributed by atoms with Crippen molar-refractivity contribution in [2.24, 2.45) is 0 Å². The summed E-state index contributed by atoms with van der Waals surface area (Å²) in [5, 5.41) is 19.8. The first kappa shape index (κ1) is 14.7. The van der Waals surface area contributed by atoms with Crippen molar-refractivity contribution in [3.63, 3.8) is 0 Å². The van der Waals surface area contributed by atoms with Crippen molar-refractivity contribution >= 4 is 23.3 Å². The van der Waals surface area contributed by atoms with Gasteiger partial charge in [-0.3, -0.25) is 10.1 Å². The molecule has 0 atom stereocenters. The molecule has 1 aromatic carbocycles. The van der Waals surface area contributed by atoms with Gasteiger partial charge in [0.05, 0.1) is 21.7 Å². The fourth-order valence-corrected chi connectivity index (χ4v) is 1.68. The van der Waals surface area contributed by atoms with E-state index in [2.05, 4.69) is 9.97 Å². The Morgan fingerprint density at radius 1 is 1.48 bits per heavy atom. The van der Waals surface area contributed by atoms with Crippen LogP contribution in [0.1, 0.15) is 16.1 Å². The molecule has 0 aliphatic carbocycles. The number of nitrogens with zero attached hydrogens (tertiary/aromatic N) is 3. The predicted molar refractivity (Wildman–Crippen MR) is 71.4 cm³/mol. The Bertz CT molecular complexity index is 707. The van der Waals surface area contributed by atoms with Crippen LogP contribution in [0.25, 0.3) is 0 Å². The Morgan fingerprint density at radius 3 is 2.90 bits per heavy atom. The molecule has 0 saturated heterocycles. The van der Waals surface area contributed by atoms with Crippen molar-refractivity contribution < 1.29 is 19.6 Å². The quantitative estimate of drug-likeness (QED) is 0.665. The third kappa shape index (κ3) is 3.42. The van der Waals surface area contributed by atoms with Gasteiger partial charge in [0.25, 0.3) is 5.69 Å². The van der Waals surface area contributed by atoms with Crippen LogP contribution in [0.4, 0.5) is 5.69 Å². The Balaban J connectivity index is 2.22. The number of hydrogen-bond donors (Lipinski definition) is 1. The van der Waals surface area contributed by atoms with Gasteiger partial charge in [0.15, 0.2) is 0 Å². The first-order valence-corrected chi connectivity index (χ1v) is 5.95. The second kappa shape index (κ2) is 6.14. The first-order chi connectivity index (χ1) is 9.99. The van der Waals surface area contributed by atoms with Crippen LogP contribution in [0.2, 0.25) is 5.02 Å². The van der Waals surface area contributed by atoms with E-state index < -0.39 is 10.9 Å². The molecule has 0 spiro atoms. The van der Waals surface area contributed by atoms with E-state index in [-0.39, 0.29) is 34.3 Å². The summed E-state index contributed by atoms with van der Waals surface area (Å²) in [5.74, 6) is -1.12. The molecule has 0 bridgehead atoms. The molecule has 1 N–H and O–H groups in total. The normalized spacial score (nSPS) is 10.1. The molecule has 8 nitrogen and oxygen atoms in total. The van der Waals surface area contributed by atoms with Gasteiger partial charge in [-0.1, -0.05) is 11.6 Å². The third-order valence-corrected chi connectivity index (χ3v) is 2.83. The minimum atomic E-state index is -1.20. The molecule has 1 aromatic heterocycles. The number of nitro benzene ring substituents is 1. The van der Waals surface area contributed by atoms with Crippen molar-refractivity contribution in [1.29, 1.82) is 0 Å². The highest BCUT2D eigenvalue weighted by Crippen LogP contribution is 2.29. The SMILES string of the molecule is O=C(O)c1cncnc1COc1cc([N+](=O)[O-])ccc1Cl. The van der Waals surface area contributed by atoms with Crippen molar-refractivity contribution in [3.05, 3.63) is 57.1 Å². The third-order valence-electron chi connectivity index (χ3n) is 2.52. The highest BCUT2D eigenvalue weighted by Gasteiger charge is 2.14. The second-order valence-electron chi connectivity index (χ2n) is 3.85. The zero-order valence-electron chi connectivity index (χ0n) is 10.4. The average Bonchev–Trinajstić information content (AvgIpc) is 2.46. The molecule has 1 heterocycles. The summed E-state index contributed by atoms with van der Waals surface area (Å²) in [7, 11) is 0. The lowest BCUT2D eigenvalue weighted by molar-refractivity contribution is -0.384. The maximum absolute atomic E-state index is 11.0. The van der Waals surface area contributed by atoms with Crippen LogP contribution in [0.3, 0.4) is 0 Å². The summed E-state index contributed by atoms with van der Waals surface area (Å²) >= 11 is 5.87. The predicted octanol–water partition coefficient (Wildman–Crippen LogP) is 2.32. The van der Waals surface area contributed by atoms with E-state index in [1.165, 1.54) is 18.5 Å². The molecule has 0 amide bonds. The van der Waals surface area contributed by atoms with Crippen LogP contribution in [0.15, 0.2) is 30.7 Å². The Kier molecular flexibility index (Phi) is 4.29. The molecule has 0 radical (unpaired) electrons. The fraction of sp³-hybridized carbons (Fsp3) is 0.0833. The number of ether oxygens (including phenoxy) is 1. The fourth-order valence-electron chi connectivity index (χ4n) is 1.51. The summed E-state index contributed by atoms with van der Waals surface area (Å²) in [6, 6.07) is 3.72. The maximum atomic E-state index is 11.0. The first-order valence-electron chi connectivity index (χ1n) is 5.58. The Hall–Kier alpha value is -2.74. The van der Waals surface area contributed by atoms with Crippen LogP contribution in [0, 0.1) is 10.1 Å².